The molecule has 0 bridgehead atoms. The van der Waals surface area contributed by atoms with Crippen LogP contribution in [0.5, 0.6) is 5.75 Å². The maximum absolute atomic E-state index is 12.0. The number of carbonyl (C=O) groups excluding carboxylic acids is 1. The Kier molecular flexibility index (Phi) is 6.67. The Balaban J connectivity index is 1.79. The lowest BCUT2D eigenvalue weighted by Gasteiger charge is -2.26. The Morgan fingerprint density at radius 2 is 2.13 bits per heavy atom. The van der Waals surface area contributed by atoms with Gasteiger partial charge in [-0.15, -0.1) is 0 Å². The van der Waals surface area contributed by atoms with Crippen molar-refractivity contribution in [1.82, 2.24) is 5.43 Å². The fourth-order valence-electron chi connectivity index (χ4n) is 3.04. The Hall–Kier alpha value is -1.79. The van der Waals surface area contributed by atoms with Gasteiger partial charge in [0.25, 0.3) is 5.91 Å². The zero-order valence-electron chi connectivity index (χ0n) is 13.6. The molecule has 0 aromatic heterocycles. The van der Waals surface area contributed by atoms with Crippen molar-refractivity contribution in [3.63, 3.8) is 0 Å². The molecule has 1 aliphatic carbocycles. The quantitative estimate of drug-likeness (QED) is 0.574. The molecular weight excluding hydrogens is 294 g/mol. The van der Waals surface area contributed by atoms with Crippen LogP contribution in [-0.2, 0) is 4.79 Å². The van der Waals surface area contributed by atoms with E-state index in [0.29, 0.717) is 23.8 Å². The minimum absolute atomic E-state index is 0.517. The second-order valence-corrected chi connectivity index (χ2v) is 6.19. The first kappa shape index (κ1) is 17.6. The lowest BCUT2D eigenvalue weighted by atomic mass is 9.84. The summed E-state index contributed by atoms with van der Waals surface area (Å²) in [6.07, 6.45) is 5.48. The number of nitrogens with one attached hydrogen (secondary N) is 2. The number of methoxy groups -OCH3 is 1. The first-order chi connectivity index (χ1) is 11.1. The Labute approximate surface area is 137 Å². The Morgan fingerprint density at radius 3 is 2.83 bits per heavy atom. The third kappa shape index (κ3) is 5.41. The first-order valence-corrected chi connectivity index (χ1v) is 8.23. The summed E-state index contributed by atoms with van der Waals surface area (Å²) in [6, 6.07) is 6.61. The molecule has 1 fully saturated rings. The fourth-order valence-corrected chi connectivity index (χ4v) is 3.04. The van der Waals surface area contributed by atoms with Crippen molar-refractivity contribution in [2.75, 3.05) is 12.5 Å². The van der Waals surface area contributed by atoms with Crippen molar-refractivity contribution in [3.05, 3.63) is 24.3 Å². The molecule has 2 rings (SSSR count). The molecule has 0 aliphatic heterocycles. The van der Waals surface area contributed by atoms with E-state index in [4.69, 9.17) is 10.5 Å². The maximum atomic E-state index is 12.0. The third-order valence-corrected chi connectivity index (χ3v) is 4.40. The summed E-state index contributed by atoms with van der Waals surface area (Å²) < 4.78 is 5.11. The smallest absolute Gasteiger partial charge is 0.268 e. The summed E-state index contributed by atoms with van der Waals surface area (Å²) in [6.45, 7) is 0. The highest BCUT2D eigenvalue weighted by Gasteiger charge is 2.26. The van der Waals surface area contributed by atoms with E-state index < -0.39 is 18.1 Å². The van der Waals surface area contributed by atoms with E-state index in [9.17, 15) is 9.90 Å². The first-order valence-electron chi connectivity index (χ1n) is 8.23. The number of benzene rings is 1. The van der Waals surface area contributed by atoms with E-state index in [1.54, 1.807) is 25.3 Å². The van der Waals surface area contributed by atoms with Gasteiger partial charge in [-0.2, -0.15) is 0 Å². The highest BCUT2D eigenvalue weighted by Crippen LogP contribution is 2.27. The second kappa shape index (κ2) is 8.74. The summed E-state index contributed by atoms with van der Waals surface area (Å²) in [7, 11) is 1.58. The highest BCUT2D eigenvalue weighted by molar-refractivity contribution is 5.82. The number of aliphatic hydroxyl groups is 1. The molecule has 1 aliphatic rings. The van der Waals surface area contributed by atoms with E-state index >= 15 is 0 Å². The van der Waals surface area contributed by atoms with Crippen molar-refractivity contribution in [2.45, 2.75) is 50.7 Å². The number of ether oxygens (including phenoxy) is 1. The van der Waals surface area contributed by atoms with Gasteiger partial charge < -0.3 is 15.6 Å². The number of hydrogen-bond donors (Lipinski definition) is 4. The van der Waals surface area contributed by atoms with Crippen LogP contribution >= 0.6 is 0 Å². The van der Waals surface area contributed by atoms with Gasteiger partial charge in [0.05, 0.1) is 12.8 Å². The Bertz CT molecular complexity index is 504. The molecule has 0 saturated heterocycles. The SMILES string of the molecule is COc1cccc(NNC(=O)C(O)[C@H](N)CC2CCCCC2)c1. The van der Waals surface area contributed by atoms with Crippen LogP contribution in [0.2, 0.25) is 0 Å². The van der Waals surface area contributed by atoms with E-state index in [2.05, 4.69) is 10.9 Å². The van der Waals surface area contributed by atoms with Crippen molar-refractivity contribution < 1.29 is 14.6 Å². The number of rotatable bonds is 7. The molecule has 6 nitrogen and oxygen atoms in total. The molecule has 1 saturated carbocycles. The number of nitrogens with two attached hydrogens (primary N) is 1. The largest absolute Gasteiger partial charge is 0.497 e. The van der Waals surface area contributed by atoms with E-state index in [1.165, 1.54) is 19.3 Å². The molecule has 5 N–H and O–H groups in total. The molecule has 0 radical (unpaired) electrons. The van der Waals surface area contributed by atoms with Gasteiger partial charge in [0.1, 0.15) is 11.9 Å². The zero-order valence-corrected chi connectivity index (χ0v) is 13.6. The van der Waals surface area contributed by atoms with Gasteiger partial charge in [0.15, 0.2) is 0 Å². The number of anilines is 1. The van der Waals surface area contributed by atoms with Gasteiger partial charge in [-0.3, -0.25) is 15.6 Å². The number of hydrogen-bond acceptors (Lipinski definition) is 5. The molecule has 1 unspecified atom stereocenters. The van der Waals surface area contributed by atoms with Crippen molar-refractivity contribution in [1.29, 1.82) is 0 Å². The van der Waals surface area contributed by atoms with Crippen LogP contribution < -0.4 is 21.3 Å². The highest BCUT2D eigenvalue weighted by atomic mass is 16.5. The molecule has 1 aromatic carbocycles. The minimum atomic E-state index is -1.21. The molecular formula is C17H27N3O3. The second-order valence-electron chi connectivity index (χ2n) is 6.19. The lowest BCUT2D eigenvalue weighted by molar-refractivity contribution is -0.130. The molecule has 128 valence electrons. The van der Waals surface area contributed by atoms with Crippen molar-refractivity contribution >= 4 is 11.6 Å². The van der Waals surface area contributed by atoms with Gasteiger partial charge in [-0.25, -0.2) is 0 Å². The maximum Gasteiger partial charge on any atom is 0.268 e. The predicted molar refractivity (Wildman–Crippen MR) is 89.9 cm³/mol. The molecule has 23 heavy (non-hydrogen) atoms. The average Bonchev–Trinajstić information content (AvgIpc) is 2.60. The summed E-state index contributed by atoms with van der Waals surface area (Å²) in [5.41, 5.74) is 11.9. The molecule has 6 heteroatoms. The van der Waals surface area contributed by atoms with Gasteiger partial charge in [-0.1, -0.05) is 38.2 Å². The van der Waals surface area contributed by atoms with Crippen LogP contribution in [0, 0.1) is 5.92 Å². The average molecular weight is 321 g/mol. The molecule has 1 amide bonds. The van der Waals surface area contributed by atoms with E-state index in [0.717, 1.165) is 12.8 Å². The van der Waals surface area contributed by atoms with Crippen LogP contribution in [0.1, 0.15) is 38.5 Å². The van der Waals surface area contributed by atoms with Gasteiger partial charge in [-0.05, 0) is 24.5 Å². The van der Waals surface area contributed by atoms with Crippen LogP contribution in [0.4, 0.5) is 5.69 Å². The number of amides is 1. The summed E-state index contributed by atoms with van der Waals surface area (Å²) in [5.74, 6) is 0.683. The molecule has 0 spiro atoms. The topological polar surface area (TPSA) is 96.6 Å². The van der Waals surface area contributed by atoms with Crippen LogP contribution in [0.25, 0.3) is 0 Å². The fraction of sp³-hybridized carbons (Fsp3) is 0.588. The summed E-state index contributed by atoms with van der Waals surface area (Å²) >= 11 is 0. The number of carbonyl (C=O) groups is 1. The van der Waals surface area contributed by atoms with Crippen LogP contribution in [-0.4, -0.2) is 30.3 Å². The summed E-state index contributed by atoms with van der Waals surface area (Å²) in [4.78, 5) is 12.0. The number of hydrazine groups is 1. The minimum Gasteiger partial charge on any atom is -0.497 e. The zero-order chi connectivity index (χ0) is 16.7. The standard InChI is InChI=1S/C17H27N3O3/c1-23-14-9-5-8-13(11-14)19-20-17(22)16(21)15(18)10-12-6-3-2-4-7-12/h5,8-9,11-12,15-16,19,21H,2-4,6-7,10,18H2,1H3,(H,20,22)/t15-,16?/m1/s1. The monoisotopic (exact) mass is 321 g/mol. The van der Waals surface area contributed by atoms with E-state index in [1.807, 2.05) is 6.07 Å². The van der Waals surface area contributed by atoms with Crippen molar-refractivity contribution in [2.24, 2.45) is 11.7 Å². The summed E-state index contributed by atoms with van der Waals surface area (Å²) in [5, 5.41) is 10.1. The third-order valence-electron chi connectivity index (χ3n) is 4.40. The predicted octanol–water partition coefficient (Wildman–Crippen LogP) is 1.80. The number of aliphatic hydroxyl groups excluding tert-OH is 1. The molecule has 1 aromatic rings. The van der Waals surface area contributed by atoms with Gasteiger partial charge in [0.2, 0.25) is 0 Å². The van der Waals surface area contributed by atoms with E-state index in [-0.39, 0.29) is 0 Å². The van der Waals surface area contributed by atoms with Gasteiger partial charge in [0, 0.05) is 12.1 Å². The van der Waals surface area contributed by atoms with Gasteiger partial charge >= 0.3 is 0 Å². The Morgan fingerprint density at radius 1 is 1.39 bits per heavy atom. The van der Waals surface area contributed by atoms with Crippen LogP contribution in [0.15, 0.2) is 24.3 Å². The molecule has 2 atom stereocenters. The lowest BCUT2D eigenvalue weighted by Crippen LogP contribution is -2.48. The van der Waals surface area contributed by atoms with Crippen molar-refractivity contribution in [3.8, 4) is 5.75 Å². The molecule has 0 heterocycles. The van der Waals surface area contributed by atoms with Crippen LogP contribution in [0.3, 0.4) is 0 Å². The normalized spacial score (nSPS) is 18.0.